The summed E-state index contributed by atoms with van der Waals surface area (Å²) < 4.78 is 10.5. The summed E-state index contributed by atoms with van der Waals surface area (Å²) in [7, 11) is 3.12. The molecule has 3 rings (SSSR count). The van der Waals surface area contributed by atoms with Crippen LogP contribution >= 0.6 is 0 Å². The predicted octanol–water partition coefficient (Wildman–Crippen LogP) is 3.04. The second-order valence-electron chi connectivity index (χ2n) is 5.98. The van der Waals surface area contributed by atoms with Crippen LogP contribution in [-0.2, 0) is 6.54 Å². The number of aromatic nitrogens is 2. The van der Waals surface area contributed by atoms with Gasteiger partial charge in [0.05, 0.1) is 38.2 Å². The fraction of sp³-hybridized carbons (Fsp3) is 0.143. The van der Waals surface area contributed by atoms with Crippen molar-refractivity contribution in [3.05, 3.63) is 71.7 Å². The number of carbonyl (C=O) groups excluding carboxylic acids is 1. The Balaban J connectivity index is 1.61. The van der Waals surface area contributed by atoms with Gasteiger partial charge in [0, 0.05) is 12.2 Å². The van der Waals surface area contributed by atoms with E-state index in [-0.39, 0.29) is 11.6 Å². The van der Waals surface area contributed by atoms with Crippen molar-refractivity contribution < 1.29 is 14.3 Å². The second-order valence-corrected chi connectivity index (χ2v) is 5.98. The van der Waals surface area contributed by atoms with Gasteiger partial charge in [-0.05, 0) is 35.9 Å². The van der Waals surface area contributed by atoms with Crippen LogP contribution in [-0.4, -0.2) is 30.1 Å². The van der Waals surface area contributed by atoms with Gasteiger partial charge >= 0.3 is 0 Å². The Morgan fingerprint density at radius 1 is 1.07 bits per heavy atom. The molecule has 146 valence electrons. The van der Waals surface area contributed by atoms with Crippen molar-refractivity contribution in [2.45, 2.75) is 6.54 Å². The topological polar surface area (TPSA) is 109 Å². The standard InChI is InChI=1S/C21H19N5O3/c1-28-18-7-6-15(9-19(18)29-2)11-25-21(27)17-12-24-20(13-23-17)26-16-5-3-4-14(8-16)10-22/h3-9,12-13H,11H2,1-2H3,(H,24,26)(H,25,27). The lowest BCUT2D eigenvalue weighted by molar-refractivity contribution is 0.0945. The van der Waals surface area contributed by atoms with Crippen LogP contribution in [0.1, 0.15) is 21.6 Å². The van der Waals surface area contributed by atoms with Crippen molar-refractivity contribution in [1.82, 2.24) is 15.3 Å². The first-order valence-corrected chi connectivity index (χ1v) is 8.71. The van der Waals surface area contributed by atoms with Gasteiger partial charge in [-0.15, -0.1) is 0 Å². The molecule has 0 saturated heterocycles. The molecule has 1 aromatic heterocycles. The summed E-state index contributed by atoms with van der Waals surface area (Å²) in [6.45, 7) is 0.307. The Labute approximate surface area is 168 Å². The number of ether oxygens (including phenoxy) is 2. The Morgan fingerprint density at radius 3 is 2.59 bits per heavy atom. The van der Waals surface area contributed by atoms with E-state index in [0.29, 0.717) is 35.1 Å². The van der Waals surface area contributed by atoms with Crippen LogP contribution in [0.2, 0.25) is 0 Å². The van der Waals surface area contributed by atoms with E-state index in [0.717, 1.165) is 5.56 Å². The van der Waals surface area contributed by atoms with Crippen molar-refractivity contribution in [1.29, 1.82) is 5.26 Å². The number of hydrogen-bond donors (Lipinski definition) is 2. The first-order valence-electron chi connectivity index (χ1n) is 8.71. The number of hydrogen-bond acceptors (Lipinski definition) is 7. The number of benzene rings is 2. The van der Waals surface area contributed by atoms with Crippen LogP contribution in [0.5, 0.6) is 11.5 Å². The lowest BCUT2D eigenvalue weighted by atomic mass is 10.2. The molecule has 0 aliphatic rings. The number of carbonyl (C=O) groups is 1. The number of methoxy groups -OCH3 is 2. The van der Waals surface area contributed by atoms with Crippen molar-refractivity contribution in [2.24, 2.45) is 0 Å². The monoisotopic (exact) mass is 389 g/mol. The first-order chi connectivity index (χ1) is 14.1. The molecule has 3 aromatic rings. The van der Waals surface area contributed by atoms with Crippen LogP contribution in [0.15, 0.2) is 54.9 Å². The summed E-state index contributed by atoms with van der Waals surface area (Å²) in [5, 5.41) is 14.8. The number of nitrogens with one attached hydrogen (secondary N) is 2. The van der Waals surface area contributed by atoms with E-state index in [2.05, 4.69) is 26.7 Å². The number of nitrogens with zero attached hydrogens (tertiary/aromatic N) is 3. The van der Waals surface area contributed by atoms with Gasteiger partial charge in [-0.25, -0.2) is 9.97 Å². The molecule has 29 heavy (non-hydrogen) atoms. The lowest BCUT2D eigenvalue weighted by Crippen LogP contribution is -2.24. The molecule has 2 aromatic carbocycles. The average molecular weight is 389 g/mol. The van der Waals surface area contributed by atoms with E-state index in [4.69, 9.17) is 14.7 Å². The maximum atomic E-state index is 12.3. The van der Waals surface area contributed by atoms with Gasteiger partial charge < -0.3 is 20.1 Å². The van der Waals surface area contributed by atoms with Crippen LogP contribution in [0.3, 0.4) is 0 Å². The third-order valence-corrected chi connectivity index (χ3v) is 4.05. The summed E-state index contributed by atoms with van der Waals surface area (Å²) in [6, 6.07) is 14.5. The molecule has 0 aliphatic carbocycles. The first kappa shape index (κ1) is 19.6. The minimum atomic E-state index is -0.342. The molecule has 0 atom stereocenters. The Bertz CT molecular complexity index is 1040. The van der Waals surface area contributed by atoms with E-state index < -0.39 is 0 Å². The minimum absolute atomic E-state index is 0.196. The molecule has 0 spiro atoms. The molecular formula is C21H19N5O3. The number of rotatable bonds is 7. The Morgan fingerprint density at radius 2 is 1.90 bits per heavy atom. The Hall–Kier alpha value is -4.12. The maximum Gasteiger partial charge on any atom is 0.271 e. The molecule has 0 bridgehead atoms. The van der Waals surface area contributed by atoms with Gasteiger partial charge in [0.15, 0.2) is 11.5 Å². The number of amides is 1. The highest BCUT2D eigenvalue weighted by atomic mass is 16.5. The largest absolute Gasteiger partial charge is 0.493 e. The average Bonchev–Trinajstić information content (AvgIpc) is 2.77. The molecule has 0 saturated carbocycles. The lowest BCUT2D eigenvalue weighted by Gasteiger charge is -2.10. The molecular weight excluding hydrogens is 370 g/mol. The van der Waals surface area contributed by atoms with Crippen molar-refractivity contribution >= 4 is 17.4 Å². The number of nitriles is 1. The van der Waals surface area contributed by atoms with Gasteiger partial charge in [-0.2, -0.15) is 5.26 Å². The SMILES string of the molecule is COc1ccc(CNC(=O)c2cnc(Nc3cccc(C#N)c3)cn2)cc1OC. The normalized spacial score (nSPS) is 9.97. The molecule has 8 heteroatoms. The molecule has 1 amide bonds. The van der Waals surface area contributed by atoms with Crippen LogP contribution in [0.4, 0.5) is 11.5 Å². The van der Waals surface area contributed by atoms with E-state index in [9.17, 15) is 4.79 Å². The van der Waals surface area contributed by atoms with Crippen LogP contribution < -0.4 is 20.1 Å². The second kappa shape index (κ2) is 9.19. The van der Waals surface area contributed by atoms with Gasteiger partial charge in [0.1, 0.15) is 11.5 Å². The quantitative estimate of drug-likeness (QED) is 0.639. The summed E-state index contributed by atoms with van der Waals surface area (Å²) in [4.78, 5) is 20.7. The molecule has 0 fully saturated rings. The van der Waals surface area contributed by atoms with Gasteiger partial charge in [-0.3, -0.25) is 4.79 Å². The van der Waals surface area contributed by atoms with Gasteiger partial charge in [0.25, 0.3) is 5.91 Å². The Kier molecular flexibility index (Phi) is 6.22. The smallest absolute Gasteiger partial charge is 0.271 e. The molecule has 0 unspecified atom stereocenters. The fourth-order valence-corrected chi connectivity index (χ4v) is 2.59. The zero-order valence-electron chi connectivity index (χ0n) is 16.0. The minimum Gasteiger partial charge on any atom is -0.493 e. The molecule has 2 N–H and O–H groups in total. The highest BCUT2D eigenvalue weighted by molar-refractivity contribution is 5.92. The fourth-order valence-electron chi connectivity index (χ4n) is 2.59. The number of anilines is 2. The van der Waals surface area contributed by atoms with Crippen molar-refractivity contribution in [2.75, 3.05) is 19.5 Å². The molecule has 1 heterocycles. The highest BCUT2D eigenvalue weighted by Gasteiger charge is 2.10. The summed E-state index contributed by atoms with van der Waals surface area (Å²) >= 11 is 0. The van der Waals surface area contributed by atoms with E-state index in [1.54, 1.807) is 44.6 Å². The summed E-state index contributed by atoms with van der Waals surface area (Å²) in [6.07, 6.45) is 2.85. The molecule has 0 radical (unpaired) electrons. The van der Waals surface area contributed by atoms with Crippen LogP contribution in [0.25, 0.3) is 0 Å². The maximum absolute atomic E-state index is 12.3. The highest BCUT2D eigenvalue weighted by Crippen LogP contribution is 2.27. The van der Waals surface area contributed by atoms with Gasteiger partial charge in [0.2, 0.25) is 0 Å². The van der Waals surface area contributed by atoms with Crippen molar-refractivity contribution in [3.8, 4) is 17.6 Å². The predicted molar refractivity (Wildman–Crippen MR) is 107 cm³/mol. The van der Waals surface area contributed by atoms with Crippen LogP contribution in [0, 0.1) is 11.3 Å². The van der Waals surface area contributed by atoms with E-state index >= 15 is 0 Å². The molecule has 8 nitrogen and oxygen atoms in total. The zero-order chi connectivity index (χ0) is 20.6. The summed E-state index contributed by atoms with van der Waals surface area (Å²) in [5.41, 5.74) is 2.31. The molecule has 0 aliphatic heterocycles. The third-order valence-electron chi connectivity index (χ3n) is 4.05. The van der Waals surface area contributed by atoms with E-state index in [1.165, 1.54) is 12.4 Å². The summed E-state index contributed by atoms with van der Waals surface area (Å²) in [5.74, 6) is 1.34. The zero-order valence-corrected chi connectivity index (χ0v) is 16.0. The van der Waals surface area contributed by atoms with Crippen molar-refractivity contribution in [3.63, 3.8) is 0 Å². The van der Waals surface area contributed by atoms with Gasteiger partial charge in [-0.1, -0.05) is 12.1 Å². The van der Waals surface area contributed by atoms with E-state index in [1.807, 2.05) is 12.1 Å². The third kappa shape index (κ3) is 4.99.